The number of halogens is 3. The van der Waals surface area contributed by atoms with Crippen LogP contribution in [0.2, 0.25) is 0 Å². The quantitative estimate of drug-likeness (QED) is 0.839. The molecule has 1 aromatic carbocycles. The SMILES string of the molecule is N[C@@H](Cc1ccccc1)C(=O)NCC(F)(F)F. The van der Waals surface area contributed by atoms with Crippen molar-refractivity contribution in [1.29, 1.82) is 0 Å². The molecule has 1 aromatic rings. The molecule has 0 radical (unpaired) electrons. The first-order valence-electron chi connectivity index (χ1n) is 5.02. The Bertz CT molecular complexity index is 365. The van der Waals surface area contributed by atoms with Crippen LogP contribution in [-0.4, -0.2) is 24.7 Å². The lowest BCUT2D eigenvalue weighted by atomic mass is 10.1. The van der Waals surface area contributed by atoms with E-state index in [1.807, 2.05) is 0 Å². The van der Waals surface area contributed by atoms with E-state index in [4.69, 9.17) is 5.73 Å². The van der Waals surface area contributed by atoms with Crippen LogP contribution in [0.4, 0.5) is 13.2 Å². The van der Waals surface area contributed by atoms with E-state index >= 15 is 0 Å². The number of nitrogens with two attached hydrogens (primary N) is 1. The second kappa shape index (κ2) is 5.67. The van der Waals surface area contributed by atoms with Crippen LogP contribution >= 0.6 is 0 Å². The maximum atomic E-state index is 11.9. The smallest absolute Gasteiger partial charge is 0.346 e. The molecule has 3 nitrogen and oxygen atoms in total. The van der Waals surface area contributed by atoms with Gasteiger partial charge in [0.25, 0.3) is 0 Å². The van der Waals surface area contributed by atoms with E-state index in [0.29, 0.717) is 0 Å². The van der Waals surface area contributed by atoms with Crippen LogP contribution in [0, 0.1) is 0 Å². The Morgan fingerprint density at radius 1 is 1.29 bits per heavy atom. The van der Waals surface area contributed by atoms with Gasteiger partial charge in [-0.25, -0.2) is 0 Å². The summed E-state index contributed by atoms with van der Waals surface area (Å²) in [5, 5.41) is 1.75. The van der Waals surface area contributed by atoms with E-state index < -0.39 is 24.7 Å². The van der Waals surface area contributed by atoms with Crippen LogP contribution < -0.4 is 11.1 Å². The highest BCUT2D eigenvalue weighted by atomic mass is 19.4. The molecular formula is C11H13F3N2O. The number of alkyl halides is 3. The fourth-order valence-electron chi connectivity index (χ4n) is 1.28. The monoisotopic (exact) mass is 246 g/mol. The summed E-state index contributed by atoms with van der Waals surface area (Å²) in [5.74, 6) is -0.800. The molecule has 1 amide bonds. The number of carbonyl (C=O) groups excluding carboxylic acids is 1. The van der Waals surface area contributed by atoms with E-state index in [2.05, 4.69) is 0 Å². The summed E-state index contributed by atoms with van der Waals surface area (Å²) in [4.78, 5) is 11.3. The van der Waals surface area contributed by atoms with Crippen LogP contribution in [0.5, 0.6) is 0 Å². The summed E-state index contributed by atoms with van der Waals surface area (Å²) >= 11 is 0. The Morgan fingerprint density at radius 2 is 1.88 bits per heavy atom. The highest BCUT2D eigenvalue weighted by Crippen LogP contribution is 2.12. The van der Waals surface area contributed by atoms with Gasteiger partial charge in [0.1, 0.15) is 6.54 Å². The number of hydrogen-bond donors (Lipinski definition) is 2. The molecule has 0 fully saturated rings. The predicted octanol–water partition coefficient (Wildman–Crippen LogP) is 1.23. The Kier molecular flexibility index (Phi) is 4.51. The fraction of sp³-hybridized carbons (Fsp3) is 0.364. The number of nitrogens with one attached hydrogen (secondary N) is 1. The highest BCUT2D eigenvalue weighted by molar-refractivity contribution is 5.81. The Morgan fingerprint density at radius 3 is 2.41 bits per heavy atom. The average molecular weight is 246 g/mol. The van der Waals surface area contributed by atoms with Gasteiger partial charge in [0.05, 0.1) is 6.04 Å². The third-order valence-corrected chi connectivity index (χ3v) is 2.10. The maximum absolute atomic E-state index is 11.9. The van der Waals surface area contributed by atoms with Crippen LogP contribution in [0.1, 0.15) is 5.56 Å². The molecule has 0 saturated carbocycles. The Balaban J connectivity index is 2.43. The number of carbonyl (C=O) groups is 1. The van der Waals surface area contributed by atoms with Crippen LogP contribution in [0.3, 0.4) is 0 Å². The minimum Gasteiger partial charge on any atom is -0.346 e. The van der Waals surface area contributed by atoms with Crippen molar-refractivity contribution in [3.8, 4) is 0 Å². The van der Waals surface area contributed by atoms with Crippen molar-refractivity contribution >= 4 is 5.91 Å². The van der Waals surface area contributed by atoms with Gasteiger partial charge < -0.3 is 11.1 Å². The predicted molar refractivity (Wildman–Crippen MR) is 57.2 cm³/mol. The zero-order chi connectivity index (χ0) is 12.9. The molecule has 17 heavy (non-hydrogen) atoms. The number of hydrogen-bond acceptors (Lipinski definition) is 2. The van der Waals surface area contributed by atoms with Crippen molar-refractivity contribution in [3.63, 3.8) is 0 Å². The van der Waals surface area contributed by atoms with Crippen molar-refractivity contribution < 1.29 is 18.0 Å². The zero-order valence-corrected chi connectivity index (χ0v) is 9.00. The van der Waals surface area contributed by atoms with Crippen molar-refractivity contribution in [2.45, 2.75) is 18.6 Å². The number of rotatable bonds is 4. The molecule has 94 valence electrons. The molecule has 3 N–H and O–H groups in total. The molecule has 0 aliphatic rings. The molecule has 1 rings (SSSR count). The molecule has 0 aliphatic heterocycles. The largest absolute Gasteiger partial charge is 0.405 e. The van der Waals surface area contributed by atoms with E-state index in [1.165, 1.54) is 0 Å². The summed E-state index contributed by atoms with van der Waals surface area (Å²) < 4.78 is 35.6. The molecule has 0 bridgehead atoms. The molecule has 0 spiro atoms. The average Bonchev–Trinajstić information content (AvgIpc) is 2.26. The lowest BCUT2D eigenvalue weighted by Crippen LogP contribution is -2.45. The number of benzene rings is 1. The van der Waals surface area contributed by atoms with Gasteiger partial charge in [-0.05, 0) is 12.0 Å². The third-order valence-electron chi connectivity index (χ3n) is 2.10. The molecule has 0 aromatic heterocycles. The first-order chi connectivity index (χ1) is 7.88. The second-order valence-corrected chi connectivity index (χ2v) is 3.63. The zero-order valence-electron chi connectivity index (χ0n) is 9.00. The van der Waals surface area contributed by atoms with Crippen molar-refractivity contribution in [3.05, 3.63) is 35.9 Å². The summed E-state index contributed by atoms with van der Waals surface area (Å²) in [5.41, 5.74) is 6.31. The minimum absolute atomic E-state index is 0.213. The van der Waals surface area contributed by atoms with Crippen LogP contribution in [-0.2, 0) is 11.2 Å². The van der Waals surface area contributed by atoms with Gasteiger partial charge in [-0.15, -0.1) is 0 Å². The maximum Gasteiger partial charge on any atom is 0.405 e. The van der Waals surface area contributed by atoms with Gasteiger partial charge in [0.15, 0.2) is 0 Å². The van der Waals surface area contributed by atoms with Gasteiger partial charge in [-0.1, -0.05) is 30.3 Å². The molecule has 1 atom stereocenters. The molecular weight excluding hydrogens is 233 g/mol. The van der Waals surface area contributed by atoms with E-state index in [1.54, 1.807) is 35.6 Å². The second-order valence-electron chi connectivity index (χ2n) is 3.63. The standard InChI is InChI=1S/C11H13F3N2O/c12-11(13,14)7-16-10(17)9(15)6-8-4-2-1-3-5-8/h1-5,9H,6-7,15H2,(H,16,17)/t9-/m0/s1. The third kappa shape index (κ3) is 5.35. The van der Waals surface area contributed by atoms with Crippen LogP contribution in [0.15, 0.2) is 30.3 Å². The van der Waals surface area contributed by atoms with E-state index in [0.717, 1.165) is 5.56 Å². The van der Waals surface area contributed by atoms with E-state index in [-0.39, 0.29) is 6.42 Å². The van der Waals surface area contributed by atoms with E-state index in [9.17, 15) is 18.0 Å². The summed E-state index contributed by atoms with van der Waals surface area (Å²) in [7, 11) is 0. The fourth-order valence-corrected chi connectivity index (χ4v) is 1.28. The van der Waals surface area contributed by atoms with Crippen molar-refractivity contribution in [2.24, 2.45) is 5.73 Å². The van der Waals surface area contributed by atoms with Crippen LogP contribution in [0.25, 0.3) is 0 Å². The minimum atomic E-state index is -4.41. The normalized spacial score (nSPS) is 13.2. The topological polar surface area (TPSA) is 55.1 Å². The Labute approximate surface area is 96.8 Å². The number of amides is 1. The summed E-state index contributed by atoms with van der Waals surface area (Å²) in [6, 6.07) is 7.90. The van der Waals surface area contributed by atoms with Crippen molar-refractivity contribution in [2.75, 3.05) is 6.54 Å². The molecule has 0 aliphatic carbocycles. The lowest BCUT2D eigenvalue weighted by Gasteiger charge is -2.13. The highest BCUT2D eigenvalue weighted by Gasteiger charge is 2.28. The van der Waals surface area contributed by atoms with Gasteiger partial charge >= 0.3 is 6.18 Å². The Hall–Kier alpha value is -1.56. The first-order valence-corrected chi connectivity index (χ1v) is 5.02. The lowest BCUT2D eigenvalue weighted by molar-refractivity contribution is -0.139. The molecule has 0 heterocycles. The molecule has 0 unspecified atom stereocenters. The summed E-state index contributed by atoms with van der Waals surface area (Å²) in [6.45, 7) is -1.35. The van der Waals surface area contributed by atoms with Gasteiger partial charge in [-0.2, -0.15) is 13.2 Å². The van der Waals surface area contributed by atoms with Gasteiger partial charge in [-0.3, -0.25) is 4.79 Å². The summed E-state index contributed by atoms with van der Waals surface area (Å²) in [6.07, 6.45) is -4.20. The molecule has 6 heteroatoms. The molecule has 0 saturated heterocycles. The first kappa shape index (κ1) is 13.5. The van der Waals surface area contributed by atoms with Crippen molar-refractivity contribution in [1.82, 2.24) is 5.32 Å². The van der Waals surface area contributed by atoms with Gasteiger partial charge in [0, 0.05) is 0 Å². The van der Waals surface area contributed by atoms with Gasteiger partial charge in [0.2, 0.25) is 5.91 Å².